The number of nitrogen functional groups attached to an aromatic ring is 1. The van der Waals surface area contributed by atoms with E-state index in [-0.39, 0.29) is 24.0 Å². The standard InChI is InChI=1S/C22H34ClN3O5/c1-4-31-21(27)8-6-5-7-10-26-11-9-18(20(14-26)30-3)25-22(28)15-12-16(23)17(24)13-19(15)29-2/h12-13,18,20H,4-11,14,24H2,1-3H3,(H,25,28)/t18-,20+/m1/s1. The smallest absolute Gasteiger partial charge is 0.305 e. The van der Waals surface area contributed by atoms with Gasteiger partial charge in [-0.05, 0) is 38.8 Å². The molecule has 0 bridgehead atoms. The third-order valence-electron chi connectivity index (χ3n) is 5.49. The van der Waals surface area contributed by atoms with Gasteiger partial charge in [0.05, 0.1) is 42.1 Å². The third-order valence-corrected chi connectivity index (χ3v) is 5.81. The fraction of sp³-hybridized carbons (Fsp3) is 0.636. The van der Waals surface area contributed by atoms with E-state index in [1.54, 1.807) is 13.2 Å². The second kappa shape index (κ2) is 12.7. The topological polar surface area (TPSA) is 103 Å². The van der Waals surface area contributed by atoms with Gasteiger partial charge in [0.15, 0.2) is 0 Å². The van der Waals surface area contributed by atoms with E-state index >= 15 is 0 Å². The van der Waals surface area contributed by atoms with E-state index in [9.17, 15) is 9.59 Å². The minimum absolute atomic E-state index is 0.112. The number of halogens is 1. The van der Waals surface area contributed by atoms with Crippen molar-refractivity contribution >= 4 is 29.2 Å². The number of rotatable bonds is 11. The lowest BCUT2D eigenvalue weighted by Gasteiger charge is -2.38. The number of esters is 1. The molecule has 8 nitrogen and oxygen atoms in total. The van der Waals surface area contributed by atoms with Crippen molar-refractivity contribution in [3.63, 3.8) is 0 Å². The third kappa shape index (κ3) is 7.55. The van der Waals surface area contributed by atoms with E-state index in [0.717, 1.165) is 45.3 Å². The van der Waals surface area contributed by atoms with Crippen molar-refractivity contribution in [1.29, 1.82) is 0 Å². The quantitative estimate of drug-likeness (QED) is 0.300. The van der Waals surface area contributed by atoms with Crippen LogP contribution in [0.15, 0.2) is 12.1 Å². The van der Waals surface area contributed by atoms with Gasteiger partial charge in [-0.15, -0.1) is 0 Å². The molecule has 1 amide bonds. The summed E-state index contributed by atoms with van der Waals surface area (Å²) in [7, 11) is 3.15. The molecule has 31 heavy (non-hydrogen) atoms. The first-order valence-electron chi connectivity index (χ1n) is 10.7. The van der Waals surface area contributed by atoms with Crippen molar-refractivity contribution in [2.45, 2.75) is 51.2 Å². The summed E-state index contributed by atoms with van der Waals surface area (Å²) in [5.74, 6) is -0.00985. The average Bonchev–Trinajstić information content (AvgIpc) is 2.75. The zero-order chi connectivity index (χ0) is 22.8. The summed E-state index contributed by atoms with van der Waals surface area (Å²) in [5, 5.41) is 3.37. The Labute approximate surface area is 189 Å². The highest BCUT2D eigenvalue weighted by molar-refractivity contribution is 6.33. The molecule has 1 aromatic carbocycles. The second-order valence-corrected chi connectivity index (χ2v) is 8.04. The number of ether oxygens (including phenoxy) is 3. The van der Waals surface area contributed by atoms with E-state index in [4.69, 9.17) is 31.5 Å². The number of piperidine rings is 1. The van der Waals surface area contributed by atoms with Crippen molar-refractivity contribution in [2.75, 3.05) is 46.2 Å². The number of likely N-dealkylation sites (tertiary alicyclic amines) is 1. The van der Waals surface area contributed by atoms with Crippen LogP contribution in [-0.2, 0) is 14.3 Å². The minimum Gasteiger partial charge on any atom is -0.496 e. The SMILES string of the molecule is CCOC(=O)CCCCCN1CC[C@@H](NC(=O)c2cc(Cl)c(N)cc2OC)[C@@H](OC)C1. The summed E-state index contributed by atoms with van der Waals surface area (Å²) in [4.78, 5) is 26.6. The predicted molar refractivity (Wildman–Crippen MR) is 121 cm³/mol. The number of benzene rings is 1. The van der Waals surface area contributed by atoms with Crippen LogP contribution in [0.4, 0.5) is 5.69 Å². The monoisotopic (exact) mass is 455 g/mol. The van der Waals surface area contributed by atoms with Gasteiger partial charge in [-0.2, -0.15) is 0 Å². The first-order valence-corrected chi connectivity index (χ1v) is 11.1. The van der Waals surface area contributed by atoms with Crippen LogP contribution >= 0.6 is 11.6 Å². The predicted octanol–water partition coefficient (Wildman–Crippen LogP) is 2.87. The van der Waals surface area contributed by atoms with Crippen LogP contribution in [0.5, 0.6) is 5.75 Å². The van der Waals surface area contributed by atoms with Crippen LogP contribution in [0, 0.1) is 0 Å². The summed E-state index contributed by atoms with van der Waals surface area (Å²) in [6, 6.07) is 2.96. The molecule has 1 heterocycles. The highest BCUT2D eigenvalue weighted by Crippen LogP contribution is 2.29. The molecule has 1 saturated heterocycles. The fourth-order valence-corrected chi connectivity index (χ4v) is 3.93. The van der Waals surface area contributed by atoms with Gasteiger partial charge in [0.25, 0.3) is 5.91 Å². The van der Waals surface area contributed by atoms with E-state index in [2.05, 4.69) is 10.2 Å². The lowest BCUT2D eigenvalue weighted by molar-refractivity contribution is -0.143. The fourth-order valence-electron chi connectivity index (χ4n) is 3.76. The molecular formula is C22H34ClN3O5. The van der Waals surface area contributed by atoms with E-state index < -0.39 is 0 Å². The number of nitrogens with zero attached hydrogens (tertiary/aromatic N) is 1. The van der Waals surface area contributed by atoms with Gasteiger partial charge in [0.1, 0.15) is 5.75 Å². The molecule has 0 aliphatic carbocycles. The molecule has 0 aromatic heterocycles. The Morgan fingerprint density at radius 2 is 2.03 bits per heavy atom. The van der Waals surface area contributed by atoms with Crippen LogP contribution in [0.3, 0.4) is 0 Å². The maximum absolute atomic E-state index is 12.8. The Morgan fingerprint density at radius 1 is 1.26 bits per heavy atom. The lowest BCUT2D eigenvalue weighted by Crippen LogP contribution is -2.54. The molecule has 9 heteroatoms. The molecule has 0 saturated carbocycles. The largest absolute Gasteiger partial charge is 0.496 e. The number of amides is 1. The highest BCUT2D eigenvalue weighted by Gasteiger charge is 2.31. The van der Waals surface area contributed by atoms with Gasteiger partial charge in [-0.3, -0.25) is 9.59 Å². The number of unbranched alkanes of at least 4 members (excludes halogenated alkanes) is 2. The maximum atomic E-state index is 12.8. The Kier molecular flexibility index (Phi) is 10.4. The van der Waals surface area contributed by atoms with E-state index in [0.29, 0.717) is 35.1 Å². The lowest BCUT2D eigenvalue weighted by atomic mass is 10.00. The number of nitrogens with one attached hydrogen (secondary N) is 1. The van der Waals surface area contributed by atoms with Crippen LogP contribution in [-0.4, -0.2) is 69.4 Å². The number of carbonyl (C=O) groups excluding carboxylic acids is 2. The first kappa shape index (κ1) is 25.2. The minimum atomic E-state index is -0.266. The summed E-state index contributed by atoms with van der Waals surface area (Å²) < 4.78 is 15.9. The number of hydrogen-bond donors (Lipinski definition) is 2. The molecule has 0 spiro atoms. The molecule has 1 aliphatic rings. The molecule has 1 aromatic rings. The molecule has 2 atom stereocenters. The van der Waals surface area contributed by atoms with Crippen LogP contribution in [0.2, 0.25) is 5.02 Å². The van der Waals surface area contributed by atoms with E-state index in [1.807, 2.05) is 6.92 Å². The number of methoxy groups -OCH3 is 2. The van der Waals surface area contributed by atoms with Crippen LogP contribution in [0.1, 0.15) is 49.4 Å². The van der Waals surface area contributed by atoms with Crippen molar-refractivity contribution in [3.8, 4) is 5.75 Å². The molecule has 0 unspecified atom stereocenters. The summed E-state index contributed by atoms with van der Waals surface area (Å²) in [6.45, 7) is 4.78. The van der Waals surface area contributed by atoms with E-state index in [1.165, 1.54) is 13.2 Å². The van der Waals surface area contributed by atoms with Crippen LogP contribution < -0.4 is 15.8 Å². The Balaban J connectivity index is 1.83. The van der Waals surface area contributed by atoms with Gasteiger partial charge in [-0.1, -0.05) is 18.0 Å². The van der Waals surface area contributed by atoms with Gasteiger partial charge in [0.2, 0.25) is 0 Å². The van der Waals surface area contributed by atoms with Gasteiger partial charge in [-0.25, -0.2) is 0 Å². The zero-order valence-corrected chi connectivity index (χ0v) is 19.4. The Morgan fingerprint density at radius 3 is 2.71 bits per heavy atom. The van der Waals surface area contributed by atoms with Crippen molar-refractivity contribution in [2.24, 2.45) is 0 Å². The van der Waals surface area contributed by atoms with Gasteiger partial charge < -0.3 is 30.2 Å². The molecule has 1 fully saturated rings. The first-order chi connectivity index (χ1) is 14.9. The Hall–Kier alpha value is -2.03. The molecule has 2 rings (SSSR count). The summed E-state index contributed by atoms with van der Waals surface area (Å²) >= 11 is 6.09. The van der Waals surface area contributed by atoms with Crippen LogP contribution in [0.25, 0.3) is 0 Å². The molecule has 1 aliphatic heterocycles. The molecule has 0 radical (unpaired) electrons. The average molecular weight is 456 g/mol. The maximum Gasteiger partial charge on any atom is 0.305 e. The molecular weight excluding hydrogens is 422 g/mol. The summed E-state index contributed by atoms with van der Waals surface area (Å²) in [6.07, 6.45) is 3.95. The molecule has 3 N–H and O–H groups in total. The van der Waals surface area contributed by atoms with Crippen molar-refractivity contribution in [1.82, 2.24) is 10.2 Å². The number of nitrogens with two attached hydrogens (primary N) is 1. The number of hydrogen-bond acceptors (Lipinski definition) is 7. The summed E-state index contributed by atoms with van der Waals surface area (Å²) in [5.41, 5.74) is 6.51. The van der Waals surface area contributed by atoms with Crippen molar-refractivity contribution in [3.05, 3.63) is 22.7 Å². The normalized spacial score (nSPS) is 19.1. The molecule has 174 valence electrons. The van der Waals surface area contributed by atoms with Crippen molar-refractivity contribution < 1.29 is 23.8 Å². The van der Waals surface area contributed by atoms with Gasteiger partial charge in [0, 0.05) is 32.7 Å². The highest BCUT2D eigenvalue weighted by atomic mass is 35.5. The second-order valence-electron chi connectivity index (χ2n) is 7.63. The number of anilines is 1. The number of carbonyl (C=O) groups is 2. The van der Waals surface area contributed by atoms with Gasteiger partial charge >= 0.3 is 5.97 Å². The Bertz CT molecular complexity index is 746. The zero-order valence-electron chi connectivity index (χ0n) is 18.6.